The van der Waals surface area contributed by atoms with Gasteiger partial charge in [0.25, 0.3) is 5.91 Å². The molecule has 0 radical (unpaired) electrons. The highest BCUT2D eigenvalue weighted by Crippen LogP contribution is 2.38. The lowest BCUT2D eigenvalue weighted by molar-refractivity contribution is -0.137. The molecule has 1 aromatic carbocycles. The summed E-state index contributed by atoms with van der Waals surface area (Å²) in [5.74, 6) is 0.743. The van der Waals surface area contributed by atoms with Gasteiger partial charge >= 0.3 is 12.2 Å². The van der Waals surface area contributed by atoms with Crippen molar-refractivity contribution in [1.29, 1.82) is 0 Å². The number of carbonyl (C=O) groups excluding carboxylic acids is 2. The minimum atomic E-state index is -4.30. The number of carbonyl (C=O) groups is 2. The van der Waals surface area contributed by atoms with Crippen LogP contribution in [-0.2, 0) is 12.7 Å². The number of rotatable bonds is 6. The summed E-state index contributed by atoms with van der Waals surface area (Å²) in [5, 5.41) is 6.78. The molecule has 2 aliphatic rings. The van der Waals surface area contributed by atoms with Gasteiger partial charge in [0.2, 0.25) is 0 Å². The molecule has 0 bridgehead atoms. The molecule has 1 saturated heterocycles. The topological polar surface area (TPSA) is 96.5 Å². The number of hydrogen-bond acceptors (Lipinski definition) is 5. The summed E-state index contributed by atoms with van der Waals surface area (Å²) in [7, 11) is 1.72. The Morgan fingerprint density at radius 3 is 2.28 bits per heavy atom. The van der Waals surface area contributed by atoms with E-state index in [9.17, 15) is 22.8 Å². The van der Waals surface area contributed by atoms with Gasteiger partial charge in [0.1, 0.15) is 0 Å². The van der Waals surface area contributed by atoms with Crippen LogP contribution in [0.4, 0.5) is 23.7 Å². The number of nitrogens with two attached hydrogens (primary N) is 1. The molecule has 1 aliphatic heterocycles. The molecular weight excluding hydrogens is 473 g/mol. The highest BCUT2D eigenvalue weighted by atomic mass is 19.4. The molecule has 4 rings (SSSR count). The van der Waals surface area contributed by atoms with Crippen molar-refractivity contribution in [2.45, 2.75) is 45.8 Å². The summed E-state index contributed by atoms with van der Waals surface area (Å²) in [4.78, 5) is 26.9. The van der Waals surface area contributed by atoms with Gasteiger partial charge < -0.3 is 20.9 Å². The molecule has 8 nitrogen and oxygen atoms in total. The zero-order chi connectivity index (χ0) is 26.5. The van der Waals surface area contributed by atoms with Crippen LogP contribution < -0.4 is 16.0 Å². The lowest BCUT2D eigenvalue weighted by Gasteiger charge is -2.23. The third-order valence-corrected chi connectivity index (χ3v) is 6.87. The lowest BCUT2D eigenvalue weighted by atomic mass is 10.0. The number of amides is 2. The molecule has 11 heteroatoms. The Morgan fingerprint density at radius 2 is 1.78 bits per heavy atom. The van der Waals surface area contributed by atoms with Crippen molar-refractivity contribution in [2.24, 2.45) is 17.6 Å². The second kappa shape index (κ2) is 11.8. The third-order valence-electron chi connectivity index (χ3n) is 6.87. The van der Waals surface area contributed by atoms with E-state index in [2.05, 4.69) is 10.4 Å². The average molecular weight is 509 g/mol. The highest BCUT2D eigenvalue weighted by Gasteiger charge is 2.38. The summed E-state index contributed by atoms with van der Waals surface area (Å²) in [6.07, 6.45) is 2.16. The molecular formula is C25H35F3N6O2. The van der Waals surface area contributed by atoms with Gasteiger partial charge in [-0.1, -0.05) is 6.42 Å². The number of anilines is 1. The first-order chi connectivity index (χ1) is 17.1. The third kappa shape index (κ3) is 6.57. The summed E-state index contributed by atoms with van der Waals surface area (Å²) >= 11 is 0. The second-order valence-electron chi connectivity index (χ2n) is 9.26. The lowest BCUT2D eigenvalue weighted by Crippen LogP contribution is -2.33. The van der Waals surface area contributed by atoms with E-state index >= 15 is 0 Å². The van der Waals surface area contributed by atoms with Crippen molar-refractivity contribution in [2.75, 3.05) is 38.1 Å². The summed E-state index contributed by atoms with van der Waals surface area (Å²) in [6, 6.07) is 4.06. The van der Waals surface area contributed by atoms with Crippen molar-refractivity contribution >= 4 is 17.6 Å². The predicted molar refractivity (Wildman–Crippen MR) is 132 cm³/mol. The largest absolute Gasteiger partial charge is 0.416 e. The van der Waals surface area contributed by atoms with Crippen LogP contribution in [0.15, 0.2) is 30.6 Å². The van der Waals surface area contributed by atoms with Crippen LogP contribution in [0, 0.1) is 11.8 Å². The fourth-order valence-corrected chi connectivity index (χ4v) is 5.01. The average Bonchev–Trinajstić information content (AvgIpc) is 3.56. The molecule has 1 saturated carbocycles. The molecule has 198 valence electrons. The maximum Gasteiger partial charge on any atom is 0.416 e. The Labute approximate surface area is 209 Å². The van der Waals surface area contributed by atoms with Gasteiger partial charge in [-0.15, -0.1) is 0 Å². The van der Waals surface area contributed by atoms with Crippen LogP contribution in [0.2, 0.25) is 0 Å². The molecule has 2 amide bonds. The second-order valence-corrected chi connectivity index (χ2v) is 9.26. The van der Waals surface area contributed by atoms with Crippen molar-refractivity contribution in [3.05, 3.63) is 47.3 Å². The number of fused-ring (bicyclic) bond motifs is 1. The van der Waals surface area contributed by atoms with Crippen LogP contribution in [0.3, 0.4) is 0 Å². The van der Waals surface area contributed by atoms with Crippen LogP contribution in [0.25, 0.3) is 0 Å². The first kappa shape index (κ1) is 27.5. The first-order valence-corrected chi connectivity index (χ1v) is 12.3. The number of nitrogens with one attached hydrogen (secondary N) is 1. The Hall–Kier alpha value is -3.08. The van der Waals surface area contributed by atoms with Crippen molar-refractivity contribution < 1.29 is 22.8 Å². The molecule has 36 heavy (non-hydrogen) atoms. The highest BCUT2D eigenvalue weighted by molar-refractivity contribution is 5.93. The van der Waals surface area contributed by atoms with Crippen molar-refractivity contribution in [3.63, 3.8) is 0 Å². The standard InChI is InChI=1S/C13H19F3N2.C12H16N4O2/c1-4-18(5-2)12-7-10(9-17-3)6-11(8-12)13(14,15)16;13-11(17)10-4-14-16(7-10)12(18)15-5-8-2-1-3-9(8)6-15/h6-8,17H,4-5,9H2,1-3H3;4,7-9H,1-3,5-6H2,(H2,13,17). The van der Waals surface area contributed by atoms with Gasteiger partial charge in [-0.3, -0.25) is 4.79 Å². The monoisotopic (exact) mass is 508 g/mol. The number of nitrogens with zero attached hydrogens (tertiary/aromatic N) is 4. The summed E-state index contributed by atoms with van der Waals surface area (Å²) in [5.41, 5.74) is 6.09. The predicted octanol–water partition coefficient (Wildman–Crippen LogP) is 3.95. The molecule has 1 aromatic heterocycles. The molecule has 3 N–H and O–H groups in total. The number of primary amides is 1. The smallest absolute Gasteiger partial charge is 0.372 e. The maximum atomic E-state index is 12.8. The van der Waals surface area contributed by atoms with E-state index in [4.69, 9.17) is 5.73 Å². The van der Waals surface area contributed by atoms with Gasteiger partial charge in [0.05, 0.1) is 17.3 Å². The maximum absolute atomic E-state index is 12.8. The Bertz CT molecular complexity index is 1040. The zero-order valence-electron chi connectivity index (χ0n) is 21.0. The molecule has 2 fully saturated rings. The number of aromatic nitrogens is 2. The molecule has 2 unspecified atom stereocenters. The van der Waals surface area contributed by atoms with Crippen LogP contribution in [0.5, 0.6) is 0 Å². The van der Waals surface area contributed by atoms with Crippen LogP contribution >= 0.6 is 0 Å². The van der Waals surface area contributed by atoms with Gasteiger partial charge in [-0.2, -0.15) is 23.0 Å². The van der Waals surface area contributed by atoms with E-state index in [0.717, 1.165) is 13.1 Å². The summed E-state index contributed by atoms with van der Waals surface area (Å²) < 4.78 is 39.7. The number of hydrogen-bond donors (Lipinski definition) is 2. The minimum absolute atomic E-state index is 0.156. The van der Waals surface area contributed by atoms with Gasteiger partial charge in [0, 0.05) is 44.6 Å². The molecule has 0 spiro atoms. The van der Waals surface area contributed by atoms with E-state index in [0.29, 0.717) is 42.7 Å². The molecule has 2 heterocycles. The Morgan fingerprint density at radius 1 is 1.14 bits per heavy atom. The van der Waals surface area contributed by atoms with Crippen molar-refractivity contribution in [1.82, 2.24) is 20.0 Å². The van der Waals surface area contributed by atoms with Gasteiger partial charge in [-0.05, 0) is 69.3 Å². The summed E-state index contributed by atoms with van der Waals surface area (Å²) in [6.45, 7) is 7.30. The molecule has 2 atom stereocenters. The van der Waals surface area contributed by atoms with Crippen LogP contribution in [-0.4, -0.2) is 59.8 Å². The van der Waals surface area contributed by atoms with E-state index in [1.807, 2.05) is 23.6 Å². The van der Waals surface area contributed by atoms with Gasteiger partial charge in [-0.25, -0.2) is 4.79 Å². The van der Waals surface area contributed by atoms with E-state index in [1.165, 1.54) is 48.5 Å². The fraction of sp³-hybridized carbons (Fsp3) is 0.560. The molecule has 2 aromatic rings. The normalized spacial score (nSPS) is 19.0. The quantitative estimate of drug-likeness (QED) is 0.616. The first-order valence-electron chi connectivity index (χ1n) is 12.3. The SMILES string of the molecule is CCN(CC)c1cc(CNC)cc(C(F)(F)F)c1.NC(=O)c1cnn(C(=O)N2CC3CCCC3C2)c1. The number of benzene rings is 1. The van der Waals surface area contributed by atoms with E-state index < -0.39 is 17.6 Å². The Balaban J connectivity index is 0.000000201. The number of likely N-dealkylation sites (tertiary alicyclic amines) is 1. The molecule has 1 aliphatic carbocycles. The number of alkyl halides is 3. The fourth-order valence-electron chi connectivity index (χ4n) is 5.01. The van der Waals surface area contributed by atoms with E-state index in [-0.39, 0.29) is 11.6 Å². The Kier molecular flexibility index (Phi) is 8.99. The zero-order valence-corrected chi connectivity index (χ0v) is 21.0. The van der Waals surface area contributed by atoms with Crippen LogP contribution in [0.1, 0.15) is 54.6 Å². The van der Waals surface area contributed by atoms with Gasteiger partial charge in [0.15, 0.2) is 0 Å². The van der Waals surface area contributed by atoms with E-state index in [1.54, 1.807) is 13.1 Å². The number of halogens is 3. The minimum Gasteiger partial charge on any atom is -0.372 e. The van der Waals surface area contributed by atoms with Crippen molar-refractivity contribution in [3.8, 4) is 0 Å².